The van der Waals surface area contributed by atoms with E-state index in [2.05, 4.69) is 217 Å². The Kier molecular flexibility index (Phi) is 8.39. The van der Waals surface area contributed by atoms with E-state index >= 15 is 0 Å². The molecular weight excluding hydrogens is 591 g/mol. The Morgan fingerprint density at radius 3 is 1.14 bits per heavy atom. The van der Waals surface area contributed by atoms with Crippen LogP contribution in [0.3, 0.4) is 0 Å². The van der Waals surface area contributed by atoms with E-state index in [0.717, 1.165) is 17.1 Å². The molecule has 0 bridgehead atoms. The molecule has 0 radical (unpaired) electrons. The molecule has 0 amide bonds. The largest absolute Gasteiger partial charge is 0.310 e. The third-order valence-electron chi connectivity index (χ3n) is 9.09. The van der Waals surface area contributed by atoms with Gasteiger partial charge in [0.25, 0.3) is 0 Å². The summed E-state index contributed by atoms with van der Waals surface area (Å²) in [7, 11) is 0. The summed E-state index contributed by atoms with van der Waals surface area (Å²) in [5.41, 5.74) is 15.3. The van der Waals surface area contributed by atoms with Crippen LogP contribution in [0, 0.1) is 0 Å². The van der Waals surface area contributed by atoms with Crippen molar-refractivity contribution in [3.05, 3.63) is 212 Å². The minimum Gasteiger partial charge on any atom is -0.310 e. The van der Waals surface area contributed by atoms with Gasteiger partial charge in [-0.25, -0.2) is 0 Å². The number of nitrogens with zero attached hydrogens (tertiary/aromatic N) is 1. The van der Waals surface area contributed by atoms with Crippen LogP contribution in [0.15, 0.2) is 212 Å². The molecule has 0 aliphatic carbocycles. The molecule has 232 valence electrons. The van der Waals surface area contributed by atoms with Crippen LogP contribution in [0.5, 0.6) is 0 Å². The fraction of sp³-hybridized carbons (Fsp3) is 0. The molecule has 0 aromatic heterocycles. The van der Waals surface area contributed by atoms with Gasteiger partial charge in [0.1, 0.15) is 0 Å². The summed E-state index contributed by atoms with van der Waals surface area (Å²) in [5.74, 6) is 0. The van der Waals surface area contributed by atoms with Crippen molar-refractivity contribution in [2.75, 3.05) is 4.90 Å². The van der Waals surface area contributed by atoms with Crippen molar-refractivity contribution in [1.29, 1.82) is 0 Å². The third-order valence-corrected chi connectivity index (χ3v) is 9.09. The molecule has 1 heteroatoms. The fourth-order valence-electron chi connectivity index (χ4n) is 6.65. The molecule has 0 unspecified atom stereocenters. The van der Waals surface area contributed by atoms with Gasteiger partial charge in [0.05, 0.1) is 5.69 Å². The van der Waals surface area contributed by atoms with Gasteiger partial charge < -0.3 is 4.90 Å². The number of hydrogen-bond acceptors (Lipinski definition) is 1. The molecule has 0 saturated heterocycles. The molecule has 8 aromatic carbocycles. The number of para-hydroxylation sites is 1. The molecule has 0 saturated carbocycles. The van der Waals surface area contributed by atoms with E-state index in [4.69, 9.17) is 0 Å². The highest BCUT2D eigenvalue weighted by Crippen LogP contribution is 2.44. The Labute approximate surface area is 289 Å². The minimum atomic E-state index is 1.11. The normalized spacial score (nSPS) is 10.9. The first-order chi connectivity index (χ1) is 24.3. The Balaban J connectivity index is 1.28. The van der Waals surface area contributed by atoms with Crippen LogP contribution < -0.4 is 4.90 Å². The lowest BCUT2D eigenvalue weighted by Crippen LogP contribution is -2.11. The molecule has 0 fully saturated rings. The molecule has 8 aromatic rings. The molecule has 0 N–H and O–H groups in total. The van der Waals surface area contributed by atoms with Crippen molar-refractivity contribution in [1.82, 2.24) is 0 Å². The minimum absolute atomic E-state index is 1.11. The van der Waals surface area contributed by atoms with Crippen LogP contribution >= 0.6 is 0 Å². The van der Waals surface area contributed by atoms with E-state index in [-0.39, 0.29) is 0 Å². The van der Waals surface area contributed by atoms with Gasteiger partial charge >= 0.3 is 0 Å². The maximum atomic E-state index is 2.37. The Bertz CT molecular complexity index is 2280. The lowest BCUT2D eigenvalue weighted by atomic mass is 9.90. The van der Waals surface area contributed by atoms with Gasteiger partial charge in [-0.05, 0) is 92.5 Å². The molecule has 49 heavy (non-hydrogen) atoms. The Morgan fingerprint density at radius 2 is 0.592 bits per heavy atom. The van der Waals surface area contributed by atoms with Crippen molar-refractivity contribution in [3.63, 3.8) is 0 Å². The molecule has 0 atom stereocenters. The van der Waals surface area contributed by atoms with Gasteiger partial charge in [-0.15, -0.1) is 0 Å². The summed E-state index contributed by atoms with van der Waals surface area (Å²) >= 11 is 0. The zero-order valence-electron chi connectivity index (χ0n) is 27.2. The molecule has 8 rings (SSSR count). The van der Waals surface area contributed by atoms with Gasteiger partial charge in [-0.2, -0.15) is 0 Å². The summed E-state index contributed by atoms with van der Waals surface area (Å²) < 4.78 is 0. The molecule has 1 nitrogen and oxygen atoms in total. The van der Waals surface area contributed by atoms with Crippen LogP contribution in [0.25, 0.3) is 55.6 Å². The van der Waals surface area contributed by atoms with Gasteiger partial charge in [0.2, 0.25) is 0 Å². The van der Waals surface area contributed by atoms with E-state index in [1.807, 2.05) is 0 Å². The van der Waals surface area contributed by atoms with Gasteiger partial charge in [-0.3, -0.25) is 0 Å². The van der Waals surface area contributed by atoms with Crippen molar-refractivity contribution < 1.29 is 0 Å². The molecule has 0 heterocycles. The Morgan fingerprint density at radius 1 is 0.224 bits per heavy atom. The van der Waals surface area contributed by atoms with Crippen molar-refractivity contribution in [2.24, 2.45) is 0 Å². The highest BCUT2D eigenvalue weighted by molar-refractivity contribution is 5.92. The number of rotatable bonds is 8. The predicted molar refractivity (Wildman–Crippen MR) is 208 cm³/mol. The van der Waals surface area contributed by atoms with Gasteiger partial charge in [-0.1, -0.05) is 170 Å². The molecular formula is C48H35N. The predicted octanol–water partition coefficient (Wildman–Crippen LogP) is 13.5. The molecule has 0 aliphatic heterocycles. The maximum Gasteiger partial charge on any atom is 0.0540 e. The second kappa shape index (κ2) is 13.7. The van der Waals surface area contributed by atoms with Crippen molar-refractivity contribution >= 4 is 17.1 Å². The van der Waals surface area contributed by atoms with Crippen LogP contribution in [-0.4, -0.2) is 0 Å². The summed E-state index contributed by atoms with van der Waals surface area (Å²) in [6, 6.07) is 76.0. The lowest BCUT2D eigenvalue weighted by molar-refractivity contribution is 1.28. The van der Waals surface area contributed by atoms with Gasteiger partial charge in [0.15, 0.2) is 0 Å². The summed E-state index contributed by atoms with van der Waals surface area (Å²) in [5, 5.41) is 0. The summed E-state index contributed by atoms with van der Waals surface area (Å²) in [6.45, 7) is 0. The third kappa shape index (κ3) is 6.31. The van der Waals surface area contributed by atoms with Crippen LogP contribution in [-0.2, 0) is 0 Å². The monoisotopic (exact) mass is 625 g/mol. The van der Waals surface area contributed by atoms with E-state index in [9.17, 15) is 0 Å². The van der Waals surface area contributed by atoms with Crippen molar-refractivity contribution in [2.45, 2.75) is 0 Å². The Hall–Kier alpha value is -6.44. The maximum absolute atomic E-state index is 2.37. The first-order valence-electron chi connectivity index (χ1n) is 16.8. The zero-order chi connectivity index (χ0) is 32.8. The number of benzene rings is 8. The van der Waals surface area contributed by atoms with E-state index in [1.165, 1.54) is 55.6 Å². The highest BCUT2D eigenvalue weighted by Gasteiger charge is 2.19. The quantitative estimate of drug-likeness (QED) is 0.162. The molecule has 0 aliphatic rings. The van der Waals surface area contributed by atoms with Crippen LogP contribution in [0.4, 0.5) is 17.1 Å². The van der Waals surface area contributed by atoms with Crippen molar-refractivity contribution in [3.8, 4) is 55.6 Å². The molecule has 0 spiro atoms. The first kappa shape index (κ1) is 29.9. The SMILES string of the molecule is c1ccc(-c2ccc(N(c3ccccc3)c3ccc(-c4ccc(-c5ccccc5)c(-c5ccccc5)c4)cc3-c3ccccc3)cc2)cc1. The first-order valence-corrected chi connectivity index (χ1v) is 16.8. The summed E-state index contributed by atoms with van der Waals surface area (Å²) in [6.07, 6.45) is 0. The average molecular weight is 626 g/mol. The van der Waals surface area contributed by atoms with E-state index in [1.54, 1.807) is 0 Å². The highest BCUT2D eigenvalue weighted by atomic mass is 15.1. The lowest BCUT2D eigenvalue weighted by Gasteiger charge is -2.28. The second-order valence-corrected chi connectivity index (χ2v) is 12.2. The summed E-state index contributed by atoms with van der Waals surface area (Å²) in [4.78, 5) is 2.37. The number of hydrogen-bond donors (Lipinski definition) is 0. The zero-order valence-corrected chi connectivity index (χ0v) is 27.2. The van der Waals surface area contributed by atoms with Crippen LogP contribution in [0.1, 0.15) is 0 Å². The smallest absolute Gasteiger partial charge is 0.0540 e. The topological polar surface area (TPSA) is 3.24 Å². The average Bonchev–Trinajstić information content (AvgIpc) is 3.20. The van der Waals surface area contributed by atoms with E-state index < -0.39 is 0 Å². The van der Waals surface area contributed by atoms with Crippen LogP contribution in [0.2, 0.25) is 0 Å². The number of anilines is 3. The fourth-order valence-corrected chi connectivity index (χ4v) is 6.65. The van der Waals surface area contributed by atoms with Gasteiger partial charge in [0, 0.05) is 16.9 Å². The van der Waals surface area contributed by atoms with E-state index in [0.29, 0.717) is 0 Å². The second-order valence-electron chi connectivity index (χ2n) is 12.2. The standard InChI is InChI=1S/C48H35N/c1-6-16-36(17-7-1)37-26-30-44(31-27-37)49(43-24-14-5-15-25-43)48-33-29-42(35-47(48)40-22-12-4-13-23-40)41-28-32-45(38-18-8-2-9-19-38)46(34-41)39-20-10-3-11-21-39/h1-35H.